The van der Waals surface area contributed by atoms with Gasteiger partial charge in [0.1, 0.15) is 6.04 Å². The molecule has 0 bridgehead atoms. The first-order valence-corrected chi connectivity index (χ1v) is 4.72. The lowest BCUT2D eigenvalue weighted by Gasteiger charge is -2.12. The van der Waals surface area contributed by atoms with Gasteiger partial charge < -0.3 is 0 Å². The van der Waals surface area contributed by atoms with Crippen LogP contribution in [0, 0.1) is 23.7 Å². The maximum atomic E-state index is 12.5. The van der Waals surface area contributed by atoms with E-state index >= 15 is 0 Å². The van der Waals surface area contributed by atoms with Crippen LogP contribution in [-0.2, 0) is 6.18 Å². The van der Waals surface area contributed by atoms with Crippen molar-refractivity contribution < 1.29 is 13.2 Å². The third kappa shape index (κ3) is 3.51. The van der Waals surface area contributed by atoms with Gasteiger partial charge in [-0.25, -0.2) is 0 Å². The predicted octanol–water partition coefficient (Wildman–Crippen LogP) is 2.49. The van der Waals surface area contributed by atoms with Crippen molar-refractivity contribution in [3.05, 3.63) is 35.4 Å². The molecular weight excluding hydrogens is 229 g/mol. The highest BCUT2D eigenvalue weighted by Gasteiger charge is 2.30. The number of nitrogens with one attached hydrogen (secondary N) is 1. The minimum absolute atomic E-state index is 0.120. The van der Waals surface area contributed by atoms with Crippen LogP contribution in [0.25, 0.3) is 0 Å². The monoisotopic (exact) mass is 238 g/mol. The molecule has 0 radical (unpaired) electrons. The molecule has 2 nitrogen and oxygen atoms in total. The van der Waals surface area contributed by atoms with Crippen LogP contribution in [0.1, 0.15) is 17.2 Å². The van der Waals surface area contributed by atoms with E-state index in [-0.39, 0.29) is 12.1 Å². The molecule has 1 rings (SSSR count). The Morgan fingerprint density at radius 3 is 2.65 bits per heavy atom. The van der Waals surface area contributed by atoms with Crippen molar-refractivity contribution in [3.63, 3.8) is 0 Å². The second kappa shape index (κ2) is 5.38. The summed E-state index contributed by atoms with van der Waals surface area (Å²) in [7, 11) is 0. The average molecular weight is 238 g/mol. The van der Waals surface area contributed by atoms with E-state index in [9.17, 15) is 13.2 Å². The number of rotatable bonds is 3. The fourth-order valence-electron chi connectivity index (χ4n) is 1.29. The number of hydrogen-bond acceptors (Lipinski definition) is 2. The molecule has 0 heterocycles. The molecule has 0 aliphatic rings. The van der Waals surface area contributed by atoms with Gasteiger partial charge >= 0.3 is 6.18 Å². The number of alkyl halides is 3. The van der Waals surface area contributed by atoms with Crippen LogP contribution >= 0.6 is 0 Å². The van der Waals surface area contributed by atoms with Gasteiger partial charge in [0, 0.05) is 0 Å². The third-order valence-corrected chi connectivity index (χ3v) is 2.08. The van der Waals surface area contributed by atoms with Gasteiger partial charge in [-0.1, -0.05) is 18.1 Å². The van der Waals surface area contributed by atoms with Crippen molar-refractivity contribution in [2.75, 3.05) is 6.54 Å². The highest BCUT2D eigenvalue weighted by atomic mass is 19.4. The zero-order valence-corrected chi connectivity index (χ0v) is 8.75. The molecule has 5 heteroatoms. The standard InChI is InChI=1S/C12H9F3N2/c1-2-6-17-11(8-16)9-4-3-5-10(7-9)12(13,14)15/h1,3-5,7,11,17H,6H2. The van der Waals surface area contributed by atoms with Crippen molar-refractivity contribution in [2.45, 2.75) is 12.2 Å². The number of halogens is 3. The van der Waals surface area contributed by atoms with E-state index in [1.807, 2.05) is 6.07 Å². The second-order valence-corrected chi connectivity index (χ2v) is 3.27. The molecule has 17 heavy (non-hydrogen) atoms. The predicted molar refractivity (Wildman–Crippen MR) is 56.6 cm³/mol. The summed E-state index contributed by atoms with van der Waals surface area (Å²) in [5.41, 5.74) is -0.532. The Morgan fingerprint density at radius 2 is 2.12 bits per heavy atom. The van der Waals surface area contributed by atoms with E-state index in [1.54, 1.807) is 0 Å². The quantitative estimate of drug-likeness (QED) is 0.821. The molecule has 88 valence electrons. The molecule has 1 aromatic carbocycles. The maximum absolute atomic E-state index is 12.5. The highest BCUT2D eigenvalue weighted by Crippen LogP contribution is 2.30. The number of hydrogen-bond donors (Lipinski definition) is 1. The molecule has 0 saturated heterocycles. The summed E-state index contributed by atoms with van der Waals surface area (Å²) in [5.74, 6) is 2.26. The molecule has 0 aromatic heterocycles. The summed E-state index contributed by atoms with van der Waals surface area (Å²) in [5, 5.41) is 11.5. The van der Waals surface area contributed by atoms with Crippen LogP contribution in [0.3, 0.4) is 0 Å². The maximum Gasteiger partial charge on any atom is 0.416 e. The molecule has 0 saturated carbocycles. The van der Waals surface area contributed by atoms with Gasteiger partial charge in [-0.3, -0.25) is 5.32 Å². The summed E-state index contributed by atoms with van der Waals surface area (Å²) >= 11 is 0. The molecule has 0 amide bonds. The van der Waals surface area contributed by atoms with E-state index in [4.69, 9.17) is 11.7 Å². The normalized spacial score (nSPS) is 12.5. The van der Waals surface area contributed by atoms with Gasteiger partial charge in [-0.05, 0) is 17.7 Å². The van der Waals surface area contributed by atoms with E-state index in [2.05, 4.69) is 11.2 Å². The Bertz CT molecular complexity index is 466. The highest BCUT2D eigenvalue weighted by molar-refractivity contribution is 5.31. The van der Waals surface area contributed by atoms with Gasteiger partial charge in [0.15, 0.2) is 0 Å². The van der Waals surface area contributed by atoms with Crippen molar-refractivity contribution in [1.29, 1.82) is 5.26 Å². The lowest BCUT2D eigenvalue weighted by Crippen LogP contribution is -2.20. The van der Waals surface area contributed by atoms with Crippen molar-refractivity contribution >= 4 is 0 Å². The second-order valence-electron chi connectivity index (χ2n) is 3.27. The van der Waals surface area contributed by atoms with Gasteiger partial charge in [-0.15, -0.1) is 6.42 Å². The van der Waals surface area contributed by atoms with Crippen LogP contribution in [0.4, 0.5) is 13.2 Å². The van der Waals surface area contributed by atoms with E-state index in [0.29, 0.717) is 0 Å². The van der Waals surface area contributed by atoms with Gasteiger partial charge in [0.25, 0.3) is 0 Å². The fourth-order valence-corrected chi connectivity index (χ4v) is 1.29. The summed E-state index contributed by atoms with van der Waals surface area (Å²) in [6.45, 7) is 0.120. The van der Waals surface area contributed by atoms with Crippen molar-refractivity contribution in [3.8, 4) is 18.4 Å². The molecule has 0 spiro atoms. The SMILES string of the molecule is C#CCNC(C#N)c1cccc(C(F)(F)F)c1. The van der Waals surface area contributed by atoms with Crippen molar-refractivity contribution in [2.24, 2.45) is 0 Å². The van der Waals surface area contributed by atoms with E-state index < -0.39 is 17.8 Å². The molecule has 1 atom stereocenters. The molecule has 0 aliphatic carbocycles. The largest absolute Gasteiger partial charge is 0.416 e. The fraction of sp³-hybridized carbons (Fsp3) is 0.250. The lowest BCUT2D eigenvalue weighted by atomic mass is 10.0. The number of nitriles is 1. The van der Waals surface area contributed by atoms with Crippen LogP contribution in [0.2, 0.25) is 0 Å². The van der Waals surface area contributed by atoms with Gasteiger partial charge in [0.05, 0.1) is 18.2 Å². The van der Waals surface area contributed by atoms with Crippen LogP contribution < -0.4 is 5.32 Å². The molecule has 1 unspecified atom stereocenters. The Balaban J connectivity index is 2.99. The zero-order chi connectivity index (χ0) is 12.9. The topological polar surface area (TPSA) is 35.8 Å². The van der Waals surface area contributed by atoms with Crippen molar-refractivity contribution in [1.82, 2.24) is 5.32 Å². The molecule has 0 fully saturated rings. The minimum Gasteiger partial charge on any atom is -0.287 e. The Labute approximate surface area is 97.1 Å². The summed E-state index contributed by atoms with van der Waals surface area (Å²) in [4.78, 5) is 0. The Hall–Kier alpha value is -1.98. The lowest BCUT2D eigenvalue weighted by molar-refractivity contribution is -0.137. The molecular formula is C12H9F3N2. The molecule has 1 aromatic rings. The summed E-state index contributed by atoms with van der Waals surface area (Å²) < 4.78 is 37.4. The molecule has 1 N–H and O–H groups in total. The minimum atomic E-state index is -4.41. The molecule has 0 aliphatic heterocycles. The van der Waals surface area contributed by atoms with Crippen LogP contribution in [0.15, 0.2) is 24.3 Å². The number of benzene rings is 1. The zero-order valence-electron chi connectivity index (χ0n) is 8.75. The van der Waals surface area contributed by atoms with E-state index in [1.165, 1.54) is 12.1 Å². The number of nitrogens with zero attached hydrogens (tertiary/aromatic N) is 1. The number of terminal acetylenes is 1. The average Bonchev–Trinajstić information content (AvgIpc) is 2.29. The van der Waals surface area contributed by atoms with Crippen LogP contribution in [-0.4, -0.2) is 6.54 Å². The third-order valence-electron chi connectivity index (χ3n) is 2.08. The Kier molecular flexibility index (Phi) is 4.14. The van der Waals surface area contributed by atoms with E-state index in [0.717, 1.165) is 12.1 Å². The summed E-state index contributed by atoms with van der Waals surface area (Å²) in [6, 6.07) is 5.63. The first-order valence-electron chi connectivity index (χ1n) is 4.72. The van der Waals surface area contributed by atoms with Gasteiger partial charge in [0.2, 0.25) is 0 Å². The smallest absolute Gasteiger partial charge is 0.287 e. The van der Waals surface area contributed by atoms with Crippen LogP contribution in [0.5, 0.6) is 0 Å². The first kappa shape index (κ1) is 13.1. The Morgan fingerprint density at radius 1 is 1.41 bits per heavy atom. The van der Waals surface area contributed by atoms with Gasteiger partial charge in [-0.2, -0.15) is 18.4 Å². The summed E-state index contributed by atoms with van der Waals surface area (Å²) in [6.07, 6.45) is 0.592. The first-order chi connectivity index (χ1) is 7.99.